The van der Waals surface area contributed by atoms with Crippen LogP contribution < -0.4 is 10.6 Å². The molecule has 2 N–H and O–H groups in total. The molecule has 142 valence electrons. The van der Waals surface area contributed by atoms with Crippen LogP contribution in [0, 0.1) is 6.92 Å². The molecule has 2 rings (SSSR count). The Morgan fingerprint density at radius 1 is 1.44 bits per heavy atom. The molecule has 0 aliphatic carbocycles. The number of likely N-dealkylation sites (tertiary alicyclic amines) is 1. The lowest BCUT2D eigenvalue weighted by Crippen LogP contribution is -2.50. The van der Waals surface area contributed by atoms with E-state index in [0.717, 1.165) is 18.8 Å². The zero-order chi connectivity index (χ0) is 17.4. The van der Waals surface area contributed by atoms with Gasteiger partial charge in [0.15, 0.2) is 11.8 Å². The van der Waals surface area contributed by atoms with Crippen LogP contribution in [0.4, 0.5) is 4.79 Å². The van der Waals surface area contributed by atoms with Gasteiger partial charge >= 0.3 is 6.09 Å². The fraction of sp³-hybridized carbons (Fsp3) is 0.733. The predicted octanol–water partition coefficient (Wildman–Crippen LogP) is 1.32. The van der Waals surface area contributed by atoms with Crippen LogP contribution in [0.2, 0.25) is 0 Å². The molecule has 1 amide bonds. The molecule has 25 heavy (non-hydrogen) atoms. The van der Waals surface area contributed by atoms with Gasteiger partial charge in [-0.1, -0.05) is 5.16 Å². The molecule has 0 radical (unpaired) electrons. The number of rotatable bonds is 5. The van der Waals surface area contributed by atoms with Gasteiger partial charge in [0.25, 0.3) is 0 Å². The van der Waals surface area contributed by atoms with Gasteiger partial charge in [0.1, 0.15) is 0 Å². The zero-order valence-electron chi connectivity index (χ0n) is 14.9. The first kappa shape index (κ1) is 21.5. The number of guanidine groups is 1. The fourth-order valence-corrected chi connectivity index (χ4v) is 2.54. The molecule has 1 saturated heterocycles. The highest BCUT2D eigenvalue weighted by atomic mass is 127. The summed E-state index contributed by atoms with van der Waals surface area (Å²) in [6, 6.07) is 0.285. The summed E-state index contributed by atoms with van der Waals surface area (Å²) < 4.78 is 10.1. The number of aryl methyl sites for hydroxylation is 1. The van der Waals surface area contributed by atoms with Gasteiger partial charge in [-0.25, -0.2) is 4.79 Å². The summed E-state index contributed by atoms with van der Waals surface area (Å²) in [5.41, 5.74) is 0. The molecule has 1 fully saturated rings. The van der Waals surface area contributed by atoms with E-state index in [2.05, 4.69) is 25.8 Å². The van der Waals surface area contributed by atoms with Gasteiger partial charge in [-0.3, -0.25) is 4.99 Å². The number of carbonyl (C=O) groups is 1. The number of ether oxygens (including phenoxy) is 1. The van der Waals surface area contributed by atoms with Crippen molar-refractivity contribution in [3.8, 4) is 0 Å². The first-order chi connectivity index (χ1) is 11.6. The van der Waals surface area contributed by atoms with Crippen molar-refractivity contribution >= 4 is 36.0 Å². The number of nitrogens with one attached hydrogen (secondary N) is 2. The fourth-order valence-electron chi connectivity index (χ4n) is 2.54. The molecule has 0 aromatic carbocycles. The highest BCUT2D eigenvalue weighted by Gasteiger charge is 2.23. The average Bonchev–Trinajstić information content (AvgIpc) is 3.00. The van der Waals surface area contributed by atoms with Crippen molar-refractivity contribution in [2.45, 2.75) is 39.2 Å². The van der Waals surface area contributed by atoms with Crippen molar-refractivity contribution < 1.29 is 14.1 Å². The van der Waals surface area contributed by atoms with E-state index in [0.29, 0.717) is 44.4 Å². The summed E-state index contributed by atoms with van der Waals surface area (Å²) in [4.78, 5) is 21.8. The highest BCUT2D eigenvalue weighted by Crippen LogP contribution is 2.11. The molecule has 0 bridgehead atoms. The molecule has 0 spiro atoms. The Morgan fingerprint density at radius 3 is 2.72 bits per heavy atom. The van der Waals surface area contributed by atoms with Crippen molar-refractivity contribution in [3.63, 3.8) is 0 Å². The van der Waals surface area contributed by atoms with Crippen LogP contribution in [-0.2, 0) is 11.2 Å². The lowest BCUT2D eigenvalue weighted by Gasteiger charge is -2.32. The number of halogens is 1. The Balaban J connectivity index is 0.00000312. The van der Waals surface area contributed by atoms with E-state index >= 15 is 0 Å². The third kappa shape index (κ3) is 7.04. The number of aliphatic imine (C=N–C) groups is 1. The van der Waals surface area contributed by atoms with Gasteiger partial charge in [-0.05, 0) is 26.7 Å². The predicted molar refractivity (Wildman–Crippen MR) is 104 cm³/mol. The van der Waals surface area contributed by atoms with Crippen molar-refractivity contribution in [2.75, 3.05) is 33.3 Å². The standard InChI is InChI=1S/C15H26N6O3.HI/c1-4-23-15(22)21-9-6-12(7-10-21)19-14(16-3)17-8-5-13-18-11(2)20-24-13;/h12H,4-10H2,1-3H3,(H2,16,17,19);1H. The number of hydrogen-bond donors (Lipinski definition) is 2. The lowest BCUT2D eigenvalue weighted by molar-refractivity contribution is 0.0963. The molecular weight excluding hydrogens is 439 g/mol. The van der Waals surface area contributed by atoms with Crippen LogP contribution in [0.1, 0.15) is 31.5 Å². The average molecular weight is 466 g/mol. The molecule has 0 unspecified atom stereocenters. The SMILES string of the molecule is CCOC(=O)N1CCC(NC(=NC)NCCc2nc(C)no2)CC1.I. The molecule has 9 nitrogen and oxygen atoms in total. The second kappa shape index (κ2) is 11.1. The maximum absolute atomic E-state index is 11.7. The number of hydrogen-bond acceptors (Lipinski definition) is 6. The minimum absolute atomic E-state index is 0. The normalized spacial score (nSPS) is 15.5. The molecule has 0 atom stereocenters. The second-order valence-corrected chi connectivity index (χ2v) is 5.59. The Morgan fingerprint density at radius 2 is 2.16 bits per heavy atom. The lowest BCUT2D eigenvalue weighted by atomic mass is 10.1. The smallest absolute Gasteiger partial charge is 0.409 e. The Labute approximate surface area is 165 Å². The highest BCUT2D eigenvalue weighted by molar-refractivity contribution is 14.0. The maximum atomic E-state index is 11.7. The van der Waals surface area contributed by atoms with Gasteiger partial charge in [-0.15, -0.1) is 24.0 Å². The van der Waals surface area contributed by atoms with E-state index < -0.39 is 0 Å². The monoisotopic (exact) mass is 466 g/mol. The molecule has 1 aliphatic heterocycles. The molecule has 2 heterocycles. The first-order valence-electron chi connectivity index (χ1n) is 8.30. The Hall–Kier alpha value is -1.59. The molecule has 10 heteroatoms. The minimum Gasteiger partial charge on any atom is -0.450 e. The summed E-state index contributed by atoms with van der Waals surface area (Å²) in [5.74, 6) is 1.99. The quantitative estimate of drug-likeness (QED) is 0.383. The second-order valence-electron chi connectivity index (χ2n) is 5.59. The summed E-state index contributed by atoms with van der Waals surface area (Å²) >= 11 is 0. The molecule has 1 aromatic heterocycles. The number of carbonyl (C=O) groups excluding carboxylic acids is 1. The largest absolute Gasteiger partial charge is 0.450 e. The maximum Gasteiger partial charge on any atom is 0.409 e. The molecule has 1 aliphatic rings. The van der Waals surface area contributed by atoms with Gasteiger partial charge < -0.3 is 24.8 Å². The van der Waals surface area contributed by atoms with Crippen molar-refractivity contribution in [3.05, 3.63) is 11.7 Å². The molecule has 1 aromatic rings. The van der Waals surface area contributed by atoms with Gasteiger partial charge in [0, 0.05) is 39.1 Å². The van der Waals surface area contributed by atoms with Crippen LogP contribution in [-0.4, -0.2) is 66.4 Å². The van der Waals surface area contributed by atoms with E-state index in [4.69, 9.17) is 9.26 Å². The number of piperidine rings is 1. The first-order valence-corrected chi connectivity index (χ1v) is 8.30. The van der Waals surface area contributed by atoms with Crippen molar-refractivity contribution in [2.24, 2.45) is 4.99 Å². The minimum atomic E-state index is -0.228. The van der Waals surface area contributed by atoms with Gasteiger partial charge in [-0.2, -0.15) is 4.98 Å². The van der Waals surface area contributed by atoms with Gasteiger partial charge in [0.05, 0.1) is 6.61 Å². The summed E-state index contributed by atoms with van der Waals surface area (Å²) in [6.07, 6.45) is 2.14. The van der Waals surface area contributed by atoms with Gasteiger partial charge in [0.2, 0.25) is 5.89 Å². The summed E-state index contributed by atoms with van der Waals surface area (Å²) in [5, 5.41) is 10.4. The van der Waals surface area contributed by atoms with E-state index in [1.54, 1.807) is 18.9 Å². The van der Waals surface area contributed by atoms with E-state index in [9.17, 15) is 4.79 Å². The number of nitrogens with zero attached hydrogens (tertiary/aromatic N) is 4. The van der Waals surface area contributed by atoms with Crippen LogP contribution in [0.3, 0.4) is 0 Å². The summed E-state index contributed by atoms with van der Waals surface area (Å²) in [6.45, 7) is 6.06. The van der Waals surface area contributed by atoms with E-state index in [-0.39, 0.29) is 36.1 Å². The van der Waals surface area contributed by atoms with Crippen LogP contribution in [0.5, 0.6) is 0 Å². The topological polar surface area (TPSA) is 105 Å². The van der Waals surface area contributed by atoms with Crippen molar-refractivity contribution in [1.82, 2.24) is 25.7 Å². The summed E-state index contributed by atoms with van der Waals surface area (Å²) in [7, 11) is 1.74. The van der Waals surface area contributed by atoms with Crippen LogP contribution >= 0.6 is 24.0 Å². The van der Waals surface area contributed by atoms with Crippen LogP contribution in [0.15, 0.2) is 9.52 Å². The number of amides is 1. The third-order valence-electron chi connectivity index (χ3n) is 3.79. The Kier molecular flexibility index (Phi) is 9.53. The van der Waals surface area contributed by atoms with E-state index in [1.165, 1.54) is 0 Å². The number of aromatic nitrogens is 2. The van der Waals surface area contributed by atoms with Crippen LogP contribution in [0.25, 0.3) is 0 Å². The van der Waals surface area contributed by atoms with E-state index in [1.807, 2.05) is 6.92 Å². The Bertz CT molecular complexity index is 557. The third-order valence-corrected chi connectivity index (χ3v) is 3.79. The van der Waals surface area contributed by atoms with Crippen molar-refractivity contribution in [1.29, 1.82) is 0 Å². The molecule has 0 saturated carbocycles. The molecular formula is C15H27IN6O3. The zero-order valence-corrected chi connectivity index (χ0v) is 17.3.